The van der Waals surface area contributed by atoms with Crippen LogP contribution in [-0.2, 0) is 11.2 Å². The smallest absolute Gasteiger partial charge is 0.227 e. The molecular weight excluding hydrogens is 406 g/mol. The average Bonchev–Trinajstić information content (AvgIpc) is 3.31. The Hall–Kier alpha value is -3.26. The maximum atomic E-state index is 12.5. The first kappa shape index (κ1) is 22.0. The van der Waals surface area contributed by atoms with Gasteiger partial charge in [-0.05, 0) is 62.2 Å². The number of carbonyl (C=O) groups excluding carboxylic acids is 1. The van der Waals surface area contributed by atoms with E-state index >= 15 is 0 Å². The summed E-state index contributed by atoms with van der Waals surface area (Å²) < 4.78 is 10.6. The molecule has 4 rings (SSSR count). The van der Waals surface area contributed by atoms with Crippen molar-refractivity contribution in [2.45, 2.75) is 31.7 Å². The van der Waals surface area contributed by atoms with Gasteiger partial charge in [0, 0.05) is 31.6 Å². The zero-order valence-corrected chi connectivity index (χ0v) is 18.5. The molecule has 8 nitrogen and oxygen atoms in total. The molecule has 3 heterocycles. The van der Waals surface area contributed by atoms with Crippen LogP contribution >= 0.6 is 0 Å². The molecule has 32 heavy (non-hydrogen) atoms. The molecular formula is C24H29N5O3. The number of nitrogens with zero attached hydrogens (tertiary/aromatic N) is 4. The molecule has 2 atom stereocenters. The Balaban J connectivity index is 1.30. The number of pyridine rings is 1. The van der Waals surface area contributed by atoms with Crippen LogP contribution < -0.4 is 10.1 Å². The maximum absolute atomic E-state index is 12.5. The van der Waals surface area contributed by atoms with E-state index in [-0.39, 0.29) is 11.9 Å². The number of likely N-dealkylation sites (tertiary alicyclic amines) is 1. The van der Waals surface area contributed by atoms with Gasteiger partial charge in [-0.25, -0.2) is 0 Å². The molecule has 0 radical (unpaired) electrons. The molecule has 1 N–H and O–H groups in total. The normalized spacial score (nSPS) is 18.9. The molecule has 1 aliphatic rings. The van der Waals surface area contributed by atoms with E-state index < -0.39 is 0 Å². The number of amides is 1. The van der Waals surface area contributed by atoms with Crippen molar-refractivity contribution in [2.24, 2.45) is 5.92 Å². The van der Waals surface area contributed by atoms with Crippen LogP contribution in [0.4, 0.5) is 0 Å². The number of piperidine rings is 1. The second-order valence-electron chi connectivity index (χ2n) is 8.13. The molecule has 0 bridgehead atoms. The summed E-state index contributed by atoms with van der Waals surface area (Å²) >= 11 is 0. The Morgan fingerprint density at radius 1 is 1.25 bits per heavy atom. The van der Waals surface area contributed by atoms with Crippen molar-refractivity contribution >= 4 is 5.91 Å². The SMILES string of the molecule is COc1ccc(C2C(CNC(=O)CCc3nc(-c4ccccn4)no3)CCCN2C)cc1. The van der Waals surface area contributed by atoms with Crippen LogP contribution in [0.15, 0.2) is 53.2 Å². The Bertz CT molecular complexity index is 1010. The highest BCUT2D eigenvalue weighted by atomic mass is 16.5. The molecule has 2 aromatic heterocycles. The lowest BCUT2D eigenvalue weighted by molar-refractivity contribution is -0.121. The summed E-state index contributed by atoms with van der Waals surface area (Å²) in [5.74, 6) is 2.07. The minimum absolute atomic E-state index is 0.00991. The molecule has 0 aliphatic carbocycles. The fourth-order valence-corrected chi connectivity index (χ4v) is 4.31. The number of nitrogens with one attached hydrogen (secondary N) is 1. The van der Waals surface area contributed by atoms with Crippen LogP contribution in [0.2, 0.25) is 0 Å². The van der Waals surface area contributed by atoms with E-state index in [9.17, 15) is 4.79 Å². The first-order valence-corrected chi connectivity index (χ1v) is 11.0. The van der Waals surface area contributed by atoms with Crippen molar-refractivity contribution < 1.29 is 14.1 Å². The number of aromatic nitrogens is 3. The zero-order chi connectivity index (χ0) is 22.3. The van der Waals surface area contributed by atoms with Gasteiger partial charge in [-0.3, -0.25) is 14.7 Å². The summed E-state index contributed by atoms with van der Waals surface area (Å²) in [5.41, 5.74) is 1.90. The first-order chi connectivity index (χ1) is 15.6. The number of aryl methyl sites for hydroxylation is 1. The maximum Gasteiger partial charge on any atom is 0.227 e. The molecule has 8 heteroatoms. The molecule has 0 spiro atoms. The number of methoxy groups -OCH3 is 1. The molecule has 2 unspecified atom stereocenters. The molecule has 1 amide bonds. The van der Waals surface area contributed by atoms with Gasteiger partial charge in [-0.2, -0.15) is 4.98 Å². The van der Waals surface area contributed by atoms with Crippen LogP contribution in [0.3, 0.4) is 0 Å². The van der Waals surface area contributed by atoms with E-state index in [1.54, 1.807) is 13.3 Å². The fraction of sp³-hybridized carbons (Fsp3) is 0.417. The topological polar surface area (TPSA) is 93.4 Å². The summed E-state index contributed by atoms with van der Waals surface area (Å²) in [4.78, 5) is 23.4. The second-order valence-corrected chi connectivity index (χ2v) is 8.13. The van der Waals surface area contributed by atoms with Crippen molar-refractivity contribution in [1.82, 2.24) is 25.3 Å². The lowest BCUT2D eigenvalue weighted by Crippen LogP contribution is -2.41. The number of benzene rings is 1. The highest BCUT2D eigenvalue weighted by Gasteiger charge is 2.30. The Morgan fingerprint density at radius 3 is 2.84 bits per heavy atom. The molecule has 168 valence electrons. The standard InChI is InChI=1S/C24H29N5O3/c1-29-15-5-6-18(23(29)17-8-10-19(31-2)11-9-17)16-26-21(30)12-13-22-27-24(28-32-22)20-7-3-4-14-25-20/h3-4,7-11,14,18,23H,5-6,12-13,15-16H2,1-2H3,(H,26,30). The predicted molar refractivity (Wildman–Crippen MR) is 120 cm³/mol. The van der Waals surface area contributed by atoms with E-state index in [0.29, 0.717) is 42.7 Å². The number of hydrogen-bond acceptors (Lipinski definition) is 7. The fourth-order valence-electron chi connectivity index (χ4n) is 4.31. The minimum Gasteiger partial charge on any atom is -0.497 e. The summed E-state index contributed by atoms with van der Waals surface area (Å²) in [6.45, 7) is 1.69. The van der Waals surface area contributed by atoms with Crippen LogP contribution in [0.1, 0.15) is 36.8 Å². The molecule has 0 saturated carbocycles. The zero-order valence-electron chi connectivity index (χ0n) is 18.5. The average molecular weight is 436 g/mol. The third-order valence-electron chi connectivity index (χ3n) is 5.95. The minimum atomic E-state index is -0.00991. The quantitative estimate of drug-likeness (QED) is 0.580. The number of ether oxygens (including phenoxy) is 1. The van der Waals surface area contributed by atoms with Gasteiger partial charge in [0.15, 0.2) is 0 Å². The molecule has 1 fully saturated rings. The van der Waals surface area contributed by atoms with E-state index in [4.69, 9.17) is 9.26 Å². The van der Waals surface area contributed by atoms with Crippen molar-refractivity contribution in [3.05, 3.63) is 60.1 Å². The van der Waals surface area contributed by atoms with Gasteiger partial charge < -0.3 is 14.6 Å². The molecule has 3 aromatic rings. The van der Waals surface area contributed by atoms with E-state index in [1.807, 2.05) is 30.3 Å². The van der Waals surface area contributed by atoms with Crippen molar-refractivity contribution in [3.63, 3.8) is 0 Å². The van der Waals surface area contributed by atoms with Crippen molar-refractivity contribution in [1.29, 1.82) is 0 Å². The first-order valence-electron chi connectivity index (χ1n) is 11.0. The van der Waals surface area contributed by atoms with Crippen molar-refractivity contribution in [3.8, 4) is 17.3 Å². The highest BCUT2D eigenvalue weighted by Crippen LogP contribution is 2.35. The van der Waals surface area contributed by atoms with Crippen LogP contribution in [0, 0.1) is 5.92 Å². The Labute approximate surface area is 188 Å². The Morgan fingerprint density at radius 2 is 2.09 bits per heavy atom. The summed E-state index contributed by atoms with van der Waals surface area (Å²) in [6.07, 6.45) is 4.60. The van der Waals surface area contributed by atoms with Gasteiger partial charge in [0.2, 0.25) is 17.6 Å². The summed E-state index contributed by atoms with van der Waals surface area (Å²) in [5, 5.41) is 7.06. The number of rotatable bonds is 8. The van der Waals surface area contributed by atoms with E-state index in [1.165, 1.54) is 5.56 Å². The summed E-state index contributed by atoms with van der Waals surface area (Å²) in [6, 6.07) is 14.0. The second kappa shape index (κ2) is 10.4. The number of hydrogen-bond donors (Lipinski definition) is 1. The van der Waals surface area contributed by atoms with Gasteiger partial charge >= 0.3 is 0 Å². The largest absolute Gasteiger partial charge is 0.497 e. The third kappa shape index (κ3) is 5.31. The number of carbonyl (C=O) groups is 1. The highest BCUT2D eigenvalue weighted by molar-refractivity contribution is 5.76. The molecule has 1 saturated heterocycles. The molecule has 1 aliphatic heterocycles. The molecule has 1 aromatic carbocycles. The lowest BCUT2D eigenvalue weighted by atomic mass is 9.85. The van der Waals surface area contributed by atoms with Gasteiger partial charge in [0.05, 0.1) is 7.11 Å². The summed E-state index contributed by atoms with van der Waals surface area (Å²) in [7, 11) is 3.82. The monoisotopic (exact) mass is 435 g/mol. The Kier molecular flexibility index (Phi) is 7.11. The van der Waals surface area contributed by atoms with Crippen LogP contribution in [0.25, 0.3) is 11.5 Å². The lowest BCUT2D eigenvalue weighted by Gasteiger charge is -2.39. The van der Waals surface area contributed by atoms with E-state index in [2.05, 4.69) is 44.5 Å². The van der Waals surface area contributed by atoms with Gasteiger partial charge in [0.25, 0.3) is 0 Å². The van der Waals surface area contributed by atoms with Crippen LogP contribution in [-0.4, -0.2) is 53.2 Å². The van der Waals surface area contributed by atoms with Gasteiger partial charge in [0.1, 0.15) is 11.4 Å². The predicted octanol–water partition coefficient (Wildman–Crippen LogP) is 3.27. The van der Waals surface area contributed by atoms with Crippen LogP contribution in [0.5, 0.6) is 5.75 Å². The van der Waals surface area contributed by atoms with Gasteiger partial charge in [-0.15, -0.1) is 0 Å². The van der Waals surface area contributed by atoms with E-state index in [0.717, 1.165) is 25.1 Å². The third-order valence-corrected chi connectivity index (χ3v) is 5.95. The van der Waals surface area contributed by atoms with Gasteiger partial charge in [-0.1, -0.05) is 23.4 Å². The van der Waals surface area contributed by atoms with Crippen molar-refractivity contribution in [2.75, 3.05) is 27.2 Å².